The lowest BCUT2D eigenvalue weighted by Gasteiger charge is -2.12. The van der Waals surface area contributed by atoms with Crippen LogP contribution in [0.25, 0.3) is 0 Å². The fourth-order valence-electron chi connectivity index (χ4n) is 1.95. The molecular formula is C17H23N3O2. The number of carbonyl (C=O) groups is 1. The highest BCUT2D eigenvalue weighted by Gasteiger charge is 2.22. The highest BCUT2D eigenvalue weighted by atomic mass is 16.4. The number of rotatable bonds is 4. The van der Waals surface area contributed by atoms with Crippen LogP contribution in [0.2, 0.25) is 0 Å². The molecule has 0 radical (unpaired) electrons. The van der Waals surface area contributed by atoms with E-state index in [2.05, 4.69) is 36.1 Å². The van der Waals surface area contributed by atoms with Crippen LogP contribution in [-0.4, -0.2) is 15.9 Å². The molecule has 2 rings (SSSR count). The standard InChI is InChI=1S/C17H23N3O2/c1-11-6-8-14(18-10-11)20-15(21)9-7-13-12(2)19-16(22-13)17(3,4)5/h6,8,10H,7,9H2,1-5H3,(H,18,20,21). The number of hydrogen-bond donors (Lipinski definition) is 1. The van der Waals surface area contributed by atoms with Crippen molar-refractivity contribution in [2.24, 2.45) is 0 Å². The molecule has 118 valence electrons. The molecule has 1 amide bonds. The summed E-state index contributed by atoms with van der Waals surface area (Å²) >= 11 is 0. The minimum Gasteiger partial charge on any atom is -0.445 e. The number of nitrogens with zero attached hydrogens (tertiary/aromatic N) is 2. The van der Waals surface area contributed by atoms with E-state index in [-0.39, 0.29) is 11.3 Å². The van der Waals surface area contributed by atoms with E-state index in [4.69, 9.17) is 4.42 Å². The number of carbonyl (C=O) groups excluding carboxylic acids is 1. The Morgan fingerprint density at radius 1 is 1.27 bits per heavy atom. The number of aryl methyl sites for hydroxylation is 3. The summed E-state index contributed by atoms with van der Waals surface area (Å²) in [6.07, 6.45) is 2.60. The van der Waals surface area contributed by atoms with Gasteiger partial charge in [-0.05, 0) is 25.5 Å². The number of nitrogens with one attached hydrogen (secondary N) is 1. The van der Waals surface area contributed by atoms with E-state index in [9.17, 15) is 4.79 Å². The van der Waals surface area contributed by atoms with Crippen LogP contribution >= 0.6 is 0 Å². The van der Waals surface area contributed by atoms with E-state index in [0.29, 0.717) is 24.6 Å². The first kappa shape index (κ1) is 16.2. The van der Waals surface area contributed by atoms with Crippen molar-refractivity contribution in [3.63, 3.8) is 0 Å². The zero-order valence-electron chi connectivity index (χ0n) is 13.9. The molecule has 5 nitrogen and oxygen atoms in total. The van der Waals surface area contributed by atoms with Crippen molar-refractivity contribution in [1.82, 2.24) is 9.97 Å². The van der Waals surface area contributed by atoms with Crippen molar-refractivity contribution in [3.8, 4) is 0 Å². The van der Waals surface area contributed by atoms with Gasteiger partial charge in [0.05, 0.1) is 5.69 Å². The van der Waals surface area contributed by atoms with Gasteiger partial charge < -0.3 is 9.73 Å². The summed E-state index contributed by atoms with van der Waals surface area (Å²) in [5.74, 6) is 1.97. The third-order valence-corrected chi connectivity index (χ3v) is 3.29. The quantitative estimate of drug-likeness (QED) is 0.937. The lowest BCUT2D eigenvalue weighted by molar-refractivity contribution is -0.116. The van der Waals surface area contributed by atoms with Crippen molar-refractivity contribution >= 4 is 11.7 Å². The zero-order chi connectivity index (χ0) is 16.3. The Morgan fingerprint density at radius 3 is 2.55 bits per heavy atom. The van der Waals surface area contributed by atoms with Crippen LogP contribution in [0.3, 0.4) is 0 Å². The highest BCUT2D eigenvalue weighted by Crippen LogP contribution is 2.24. The first-order valence-electron chi connectivity index (χ1n) is 7.45. The normalized spacial score (nSPS) is 11.5. The molecule has 5 heteroatoms. The van der Waals surface area contributed by atoms with Crippen LogP contribution in [0.15, 0.2) is 22.7 Å². The Labute approximate surface area is 131 Å². The third kappa shape index (κ3) is 4.16. The van der Waals surface area contributed by atoms with Crippen LogP contribution in [0.1, 0.15) is 50.1 Å². The summed E-state index contributed by atoms with van der Waals surface area (Å²) in [6.45, 7) is 10.0. The average Bonchev–Trinajstić information content (AvgIpc) is 2.80. The number of aromatic nitrogens is 2. The summed E-state index contributed by atoms with van der Waals surface area (Å²) < 4.78 is 5.79. The fourth-order valence-corrected chi connectivity index (χ4v) is 1.95. The molecule has 0 aliphatic carbocycles. The summed E-state index contributed by atoms with van der Waals surface area (Å²) in [5, 5.41) is 2.78. The number of pyridine rings is 1. The van der Waals surface area contributed by atoms with Gasteiger partial charge in [0.1, 0.15) is 11.6 Å². The predicted molar refractivity (Wildman–Crippen MR) is 85.9 cm³/mol. The van der Waals surface area contributed by atoms with Crippen molar-refractivity contribution in [3.05, 3.63) is 41.2 Å². The van der Waals surface area contributed by atoms with Crippen LogP contribution in [-0.2, 0) is 16.6 Å². The zero-order valence-corrected chi connectivity index (χ0v) is 13.9. The molecule has 0 saturated heterocycles. The fraction of sp³-hybridized carbons (Fsp3) is 0.471. The summed E-state index contributed by atoms with van der Waals surface area (Å²) in [6, 6.07) is 3.71. The monoisotopic (exact) mass is 301 g/mol. The summed E-state index contributed by atoms with van der Waals surface area (Å²) in [5.41, 5.74) is 1.79. The molecule has 0 spiro atoms. The van der Waals surface area contributed by atoms with E-state index < -0.39 is 0 Å². The molecule has 0 fully saturated rings. The van der Waals surface area contributed by atoms with Crippen molar-refractivity contribution in [2.45, 2.75) is 52.9 Å². The molecule has 0 bridgehead atoms. The Hall–Kier alpha value is -2.17. The molecule has 0 atom stereocenters. The minimum atomic E-state index is -0.128. The summed E-state index contributed by atoms with van der Waals surface area (Å²) in [4.78, 5) is 20.6. The molecule has 2 heterocycles. The number of anilines is 1. The van der Waals surface area contributed by atoms with E-state index in [0.717, 1.165) is 17.0 Å². The maximum Gasteiger partial charge on any atom is 0.225 e. The van der Waals surface area contributed by atoms with Crippen LogP contribution in [0.4, 0.5) is 5.82 Å². The van der Waals surface area contributed by atoms with E-state index in [1.807, 2.05) is 19.9 Å². The molecule has 2 aromatic rings. The second-order valence-corrected chi connectivity index (χ2v) is 6.55. The van der Waals surface area contributed by atoms with Crippen molar-refractivity contribution < 1.29 is 9.21 Å². The first-order chi connectivity index (χ1) is 10.3. The first-order valence-corrected chi connectivity index (χ1v) is 7.45. The van der Waals surface area contributed by atoms with E-state index in [1.165, 1.54) is 0 Å². The van der Waals surface area contributed by atoms with Crippen LogP contribution in [0, 0.1) is 13.8 Å². The lowest BCUT2D eigenvalue weighted by atomic mass is 9.97. The predicted octanol–water partition coefficient (Wildman–Crippen LogP) is 3.56. The Balaban J connectivity index is 1.94. The maximum absolute atomic E-state index is 12.0. The minimum absolute atomic E-state index is 0.0792. The van der Waals surface area contributed by atoms with Gasteiger partial charge in [-0.3, -0.25) is 4.79 Å². The Morgan fingerprint density at radius 2 is 2.00 bits per heavy atom. The number of oxazole rings is 1. The molecule has 0 saturated carbocycles. The van der Waals surface area contributed by atoms with E-state index >= 15 is 0 Å². The molecule has 0 aromatic carbocycles. The lowest BCUT2D eigenvalue weighted by Crippen LogP contribution is -2.13. The molecule has 2 aromatic heterocycles. The van der Waals surface area contributed by atoms with Crippen LogP contribution < -0.4 is 5.32 Å². The van der Waals surface area contributed by atoms with Gasteiger partial charge in [-0.15, -0.1) is 0 Å². The number of amides is 1. The molecule has 22 heavy (non-hydrogen) atoms. The topological polar surface area (TPSA) is 68.0 Å². The third-order valence-electron chi connectivity index (χ3n) is 3.29. The Kier molecular flexibility index (Phi) is 4.64. The second-order valence-electron chi connectivity index (χ2n) is 6.55. The molecule has 1 N–H and O–H groups in total. The van der Waals surface area contributed by atoms with Gasteiger partial charge >= 0.3 is 0 Å². The molecule has 0 aliphatic heterocycles. The van der Waals surface area contributed by atoms with Crippen LogP contribution in [0.5, 0.6) is 0 Å². The molecule has 0 aliphatic rings. The SMILES string of the molecule is Cc1ccc(NC(=O)CCc2oc(C(C)(C)C)nc2C)nc1. The molecule has 0 unspecified atom stereocenters. The largest absolute Gasteiger partial charge is 0.445 e. The molecular weight excluding hydrogens is 278 g/mol. The maximum atomic E-state index is 12.0. The second kappa shape index (κ2) is 6.30. The average molecular weight is 301 g/mol. The van der Waals surface area contributed by atoms with Crippen molar-refractivity contribution in [1.29, 1.82) is 0 Å². The highest BCUT2D eigenvalue weighted by molar-refractivity contribution is 5.89. The van der Waals surface area contributed by atoms with Gasteiger partial charge in [-0.25, -0.2) is 9.97 Å². The summed E-state index contributed by atoms with van der Waals surface area (Å²) in [7, 11) is 0. The van der Waals surface area contributed by atoms with Crippen molar-refractivity contribution in [2.75, 3.05) is 5.32 Å². The van der Waals surface area contributed by atoms with Gasteiger partial charge in [-0.2, -0.15) is 0 Å². The van der Waals surface area contributed by atoms with Gasteiger partial charge in [0, 0.05) is 24.5 Å². The Bertz CT molecular complexity index is 652. The number of hydrogen-bond acceptors (Lipinski definition) is 4. The van der Waals surface area contributed by atoms with Gasteiger partial charge in [-0.1, -0.05) is 26.8 Å². The van der Waals surface area contributed by atoms with Gasteiger partial charge in [0.25, 0.3) is 0 Å². The van der Waals surface area contributed by atoms with Gasteiger partial charge in [0.15, 0.2) is 5.89 Å². The van der Waals surface area contributed by atoms with E-state index in [1.54, 1.807) is 12.3 Å². The van der Waals surface area contributed by atoms with Gasteiger partial charge in [0.2, 0.25) is 5.91 Å². The smallest absolute Gasteiger partial charge is 0.225 e.